The van der Waals surface area contributed by atoms with Gasteiger partial charge in [0.15, 0.2) is 0 Å². The van der Waals surface area contributed by atoms with E-state index in [2.05, 4.69) is 21.8 Å². The molecule has 2 atom stereocenters. The zero-order valence-electron chi connectivity index (χ0n) is 9.72. The van der Waals surface area contributed by atoms with Crippen LogP contribution in [0.1, 0.15) is 26.2 Å². The highest BCUT2D eigenvalue weighted by molar-refractivity contribution is 8.00. The van der Waals surface area contributed by atoms with Gasteiger partial charge in [-0.15, -0.1) is 0 Å². The standard InChI is InChI=1S/C10H17N3O2S2/c1-2-16-10-5-3-4-9(10)13-17(14,15)8-6-11-12-7-8/h6-7,9-10,13H,2-5H2,1H3,(H,11,12). The van der Waals surface area contributed by atoms with E-state index in [0.29, 0.717) is 5.25 Å². The summed E-state index contributed by atoms with van der Waals surface area (Å²) in [6, 6.07) is 0.0554. The van der Waals surface area contributed by atoms with Crippen LogP contribution >= 0.6 is 11.8 Å². The SMILES string of the molecule is CCSC1CCCC1NS(=O)(=O)c1cn[nH]c1. The predicted octanol–water partition coefficient (Wildman–Crippen LogP) is 1.36. The second kappa shape index (κ2) is 5.41. The van der Waals surface area contributed by atoms with E-state index < -0.39 is 10.0 Å². The Morgan fingerprint density at radius 2 is 2.41 bits per heavy atom. The Hall–Kier alpha value is -0.530. The fraction of sp³-hybridized carbons (Fsp3) is 0.700. The maximum absolute atomic E-state index is 12.0. The van der Waals surface area contributed by atoms with Gasteiger partial charge in [0.1, 0.15) is 4.90 Å². The Morgan fingerprint density at radius 3 is 3.06 bits per heavy atom. The average Bonchev–Trinajstić information content (AvgIpc) is 2.90. The number of nitrogens with zero attached hydrogens (tertiary/aromatic N) is 1. The molecule has 0 spiro atoms. The van der Waals surface area contributed by atoms with Crippen LogP contribution in [0.4, 0.5) is 0 Å². The van der Waals surface area contributed by atoms with E-state index in [0.717, 1.165) is 25.0 Å². The first-order chi connectivity index (χ1) is 8.13. The minimum absolute atomic E-state index is 0.0554. The Labute approximate surface area is 106 Å². The van der Waals surface area contributed by atoms with Crippen LogP contribution in [0.3, 0.4) is 0 Å². The smallest absolute Gasteiger partial charge is 0.243 e. The molecule has 0 radical (unpaired) electrons. The van der Waals surface area contributed by atoms with Crippen LogP contribution in [-0.4, -0.2) is 35.7 Å². The van der Waals surface area contributed by atoms with Gasteiger partial charge in [0.25, 0.3) is 0 Å². The maximum atomic E-state index is 12.0. The van der Waals surface area contributed by atoms with Crippen molar-refractivity contribution in [3.8, 4) is 0 Å². The monoisotopic (exact) mass is 275 g/mol. The molecule has 1 aliphatic rings. The van der Waals surface area contributed by atoms with E-state index >= 15 is 0 Å². The molecule has 1 aliphatic carbocycles. The van der Waals surface area contributed by atoms with Crippen molar-refractivity contribution in [2.75, 3.05) is 5.75 Å². The van der Waals surface area contributed by atoms with Gasteiger partial charge < -0.3 is 0 Å². The summed E-state index contributed by atoms with van der Waals surface area (Å²) in [5, 5.41) is 6.60. The van der Waals surface area contributed by atoms with Crippen LogP contribution in [0.25, 0.3) is 0 Å². The molecule has 0 aliphatic heterocycles. The number of H-pyrrole nitrogens is 1. The number of sulfonamides is 1. The summed E-state index contributed by atoms with van der Waals surface area (Å²) in [5.41, 5.74) is 0. The van der Waals surface area contributed by atoms with E-state index in [1.165, 1.54) is 12.4 Å². The summed E-state index contributed by atoms with van der Waals surface area (Å²) in [4.78, 5) is 0.213. The molecule has 1 aromatic rings. The lowest BCUT2D eigenvalue weighted by Gasteiger charge is -2.19. The van der Waals surface area contributed by atoms with Crippen molar-refractivity contribution in [3.05, 3.63) is 12.4 Å². The molecular formula is C10H17N3O2S2. The zero-order valence-corrected chi connectivity index (χ0v) is 11.4. The van der Waals surface area contributed by atoms with Crippen molar-refractivity contribution in [2.24, 2.45) is 0 Å². The number of thioether (sulfide) groups is 1. The Kier molecular flexibility index (Phi) is 4.11. The van der Waals surface area contributed by atoms with Gasteiger partial charge in [-0.25, -0.2) is 13.1 Å². The first-order valence-electron chi connectivity index (χ1n) is 5.76. The van der Waals surface area contributed by atoms with Gasteiger partial charge in [-0.3, -0.25) is 5.10 Å². The minimum Gasteiger partial charge on any atom is -0.284 e. The lowest BCUT2D eigenvalue weighted by molar-refractivity contribution is 0.555. The van der Waals surface area contributed by atoms with Crippen molar-refractivity contribution >= 4 is 21.8 Å². The number of nitrogens with one attached hydrogen (secondary N) is 2. The third kappa shape index (κ3) is 3.02. The molecule has 1 heterocycles. The Bertz CT molecular complexity index is 444. The van der Waals surface area contributed by atoms with Gasteiger partial charge in [0.05, 0.1) is 6.20 Å². The highest BCUT2D eigenvalue weighted by Crippen LogP contribution is 2.30. The summed E-state index contributed by atoms with van der Waals surface area (Å²) in [5.74, 6) is 1.02. The molecule has 2 unspecified atom stereocenters. The molecule has 2 rings (SSSR count). The van der Waals surface area contributed by atoms with Crippen molar-refractivity contribution < 1.29 is 8.42 Å². The van der Waals surface area contributed by atoms with Gasteiger partial charge in [-0.05, 0) is 18.6 Å². The van der Waals surface area contributed by atoms with Crippen molar-refractivity contribution in [1.29, 1.82) is 0 Å². The summed E-state index contributed by atoms with van der Waals surface area (Å²) in [6.07, 6.45) is 5.85. The molecule has 5 nitrogen and oxygen atoms in total. The van der Waals surface area contributed by atoms with Crippen molar-refractivity contribution in [2.45, 2.75) is 42.4 Å². The molecule has 0 aromatic carbocycles. The second-order valence-corrected chi connectivity index (χ2v) is 7.32. The maximum Gasteiger partial charge on any atom is 0.243 e. The number of aromatic nitrogens is 2. The molecule has 17 heavy (non-hydrogen) atoms. The van der Waals surface area contributed by atoms with E-state index in [-0.39, 0.29) is 10.9 Å². The molecule has 7 heteroatoms. The molecule has 1 saturated carbocycles. The van der Waals surface area contributed by atoms with E-state index in [9.17, 15) is 8.42 Å². The number of rotatable bonds is 5. The van der Waals surface area contributed by atoms with Gasteiger partial charge in [0.2, 0.25) is 10.0 Å². The Morgan fingerprint density at radius 1 is 1.59 bits per heavy atom. The van der Waals surface area contributed by atoms with Gasteiger partial charge in [0, 0.05) is 17.5 Å². The molecule has 1 fully saturated rings. The van der Waals surface area contributed by atoms with Crippen LogP contribution in [0.2, 0.25) is 0 Å². The molecule has 96 valence electrons. The highest BCUT2D eigenvalue weighted by atomic mass is 32.2. The predicted molar refractivity (Wildman–Crippen MR) is 68.5 cm³/mol. The summed E-state index contributed by atoms with van der Waals surface area (Å²) in [7, 11) is -3.41. The average molecular weight is 275 g/mol. The Balaban J connectivity index is 2.05. The number of hydrogen-bond donors (Lipinski definition) is 2. The summed E-state index contributed by atoms with van der Waals surface area (Å²) < 4.78 is 26.8. The highest BCUT2D eigenvalue weighted by Gasteiger charge is 2.31. The van der Waals surface area contributed by atoms with E-state index in [4.69, 9.17) is 0 Å². The zero-order chi connectivity index (χ0) is 12.3. The first-order valence-corrected chi connectivity index (χ1v) is 8.29. The summed E-state index contributed by atoms with van der Waals surface area (Å²) in [6.45, 7) is 2.10. The van der Waals surface area contributed by atoms with Crippen LogP contribution in [0, 0.1) is 0 Å². The fourth-order valence-corrected chi connectivity index (χ4v) is 4.63. The molecule has 1 aromatic heterocycles. The van der Waals surface area contributed by atoms with Crippen LogP contribution < -0.4 is 4.72 Å². The van der Waals surface area contributed by atoms with Crippen molar-refractivity contribution in [1.82, 2.24) is 14.9 Å². The number of aromatic amines is 1. The first kappa shape index (κ1) is 12.9. The van der Waals surface area contributed by atoms with E-state index in [1.807, 2.05) is 11.8 Å². The molecule has 2 N–H and O–H groups in total. The fourth-order valence-electron chi connectivity index (χ4n) is 2.13. The van der Waals surface area contributed by atoms with Crippen molar-refractivity contribution in [3.63, 3.8) is 0 Å². The van der Waals surface area contributed by atoms with E-state index in [1.54, 1.807) is 0 Å². The topological polar surface area (TPSA) is 74.8 Å². The van der Waals surface area contributed by atoms with Crippen LogP contribution in [0.5, 0.6) is 0 Å². The second-order valence-electron chi connectivity index (χ2n) is 4.09. The van der Waals surface area contributed by atoms with Crippen LogP contribution in [0.15, 0.2) is 17.3 Å². The minimum atomic E-state index is -3.41. The molecule has 0 saturated heterocycles. The lowest BCUT2D eigenvalue weighted by atomic mass is 10.3. The third-order valence-electron chi connectivity index (χ3n) is 2.92. The van der Waals surface area contributed by atoms with Gasteiger partial charge in [-0.2, -0.15) is 16.9 Å². The lowest BCUT2D eigenvalue weighted by Crippen LogP contribution is -2.38. The quantitative estimate of drug-likeness (QED) is 0.851. The third-order valence-corrected chi connectivity index (χ3v) is 5.71. The molecular weight excluding hydrogens is 258 g/mol. The van der Waals surface area contributed by atoms with Gasteiger partial charge in [-0.1, -0.05) is 13.3 Å². The van der Waals surface area contributed by atoms with Crippen LogP contribution in [-0.2, 0) is 10.0 Å². The molecule has 0 amide bonds. The number of hydrogen-bond acceptors (Lipinski definition) is 4. The largest absolute Gasteiger partial charge is 0.284 e. The summed E-state index contributed by atoms with van der Waals surface area (Å²) >= 11 is 1.83. The normalized spacial score (nSPS) is 25.2. The van der Waals surface area contributed by atoms with Gasteiger partial charge >= 0.3 is 0 Å². The molecule has 0 bridgehead atoms.